The number of aryl methyl sites for hydroxylation is 1. The molecule has 0 aliphatic heterocycles. The topological polar surface area (TPSA) is 74.1 Å². The van der Waals surface area contributed by atoms with Gasteiger partial charge in [-0.25, -0.2) is 4.98 Å². The Morgan fingerprint density at radius 3 is 2.35 bits per heavy atom. The van der Waals surface area contributed by atoms with Crippen molar-refractivity contribution in [3.8, 4) is 28.4 Å². The molecule has 2 heterocycles. The van der Waals surface area contributed by atoms with Crippen LogP contribution in [0.1, 0.15) is 24.2 Å². The van der Waals surface area contributed by atoms with Gasteiger partial charge in [-0.2, -0.15) is 0 Å². The lowest BCUT2D eigenvalue weighted by atomic mass is 10.1. The van der Waals surface area contributed by atoms with Gasteiger partial charge in [0.2, 0.25) is 0 Å². The van der Waals surface area contributed by atoms with Crippen LogP contribution < -0.4 is 14.8 Å². The van der Waals surface area contributed by atoms with Crippen molar-refractivity contribution in [1.82, 2.24) is 19.7 Å². The number of nitrogens with zero attached hydrogens (tertiary/aromatic N) is 4. The normalized spacial score (nSPS) is 11.7. The molecular formula is C24H25N5O2. The summed E-state index contributed by atoms with van der Waals surface area (Å²) in [6.07, 6.45) is 3.74. The Hall–Kier alpha value is -3.87. The zero-order valence-electron chi connectivity index (χ0n) is 18.0. The van der Waals surface area contributed by atoms with Crippen molar-refractivity contribution in [1.29, 1.82) is 0 Å². The zero-order valence-corrected chi connectivity index (χ0v) is 18.0. The highest BCUT2D eigenvalue weighted by atomic mass is 16.5. The van der Waals surface area contributed by atoms with E-state index in [0.29, 0.717) is 5.82 Å². The zero-order chi connectivity index (χ0) is 21.8. The SMILES string of the molecule is COc1ccc([C@H](C)Nc2ccc(-c3ccc(-n4cnc(C)c4)c(OC)c3)nn2)cc1. The lowest BCUT2D eigenvalue weighted by Gasteiger charge is -2.15. The molecule has 0 aliphatic rings. The van der Waals surface area contributed by atoms with Gasteiger partial charge in [-0.3, -0.25) is 0 Å². The van der Waals surface area contributed by atoms with E-state index in [1.165, 1.54) is 0 Å². The van der Waals surface area contributed by atoms with Crippen LogP contribution in [-0.2, 0) is 0 Å². The minimum Gasteiger partial charge on any atom is -0.497 e. The largest absolute Gasteiger partial charge is 0.497 e. The summed E-state index contributed by atoms with van der Waals surface area (Å²) in [5, 5.41) is 12.1. The van der Waals surface area contributed by atoms with Crippen molar-refractivity contribution in [2.75, 3.05) is 19.5 Å². The van der Waals surface area contributed by atoms with Crippen molar-refractivity contribution in [3.63, 3.8) is 0 Å². The molecule has 0 saturated carbocycles. The molecule has 4 rings (SSSR count). The molecule has 0 radical (unpaired) electrons. The maximum atomic E-state index is 5.59. The number of methoxy groups -OCH3 is 2. The van der Waals surface area contributed by atoms with E-state index in [-0.39, 0.29) is 6.04 Å². The maximum Gasteiger partial charge on any atom is 0.149 e. The molecule has 158 valence electrons. The molecule has 4 aromatic rings. The Balaban J connectivity index is 1.51. The first-order valence-electron chi connectivity index (χ1n) is 10.0. The molecule has 0 spiro atoms. The van der Waals surface area contributed by atoms with Crippen LogP contribution in [0.25, 0.3) is 16.9 Å². The van der Waals surface area contributed by atoms with Gasteiger partial charge >= 0.3 is 0 Å². The molecule has 0 bridgehead atoms. The number of anilines is 1. The Morgan fingerprint density at radius 1 is 0.935 bits per heavy atom. The van der Waals surface area contributed by atoms with Crippen LogP contribution in [0.3, 0.4) is 0 Å². The maximum absolute atomic E-state index is 5.59. The number of hydrogen-bond donors (Lipinski definition) is 1. The van der Waals surface area contributed by atoms with Crippen molar-refractivity contribution in [2.24, 2.45) is 0 Å². The van der Waals surface area contributed by atoms with Crippen molar-refractivity contribution in [3.05, 3.63) is 78.4 Å². The van der Waals surface area contributed by atoms with E-state index in [1.807, 2.05) is 72.3 Å². The smallest absolute Gasteiger partial charge is 0.149 e. The average Bonchev–Trinajstić information content (AvgIpc) is 3.25. The second-order valence-electron chi connectivity index (χ2n) is 7.25. The molecular weight excluding hydrogens is 390 g/mol. The monoisotopic (exact) mass is 415 g/mol. The van der Waals surface area contributed by atoms with Gasteiger partial charge in [0, 0.05) is 11.8 Å². The van der Waals surface area contributed by atoms with Crippen molar-refractivity contribution < 1.29 is 9.47 Å². The van der Waals surface area contributed by atoms with Gasteiger partial charge in [0.15, 0.2) is 0 Å². The number of nitrogens with one attached hydrogen (secondary N) is 1. The number of rotatable bonds is 7. The molecule has 7 nitrogen and oxygen atoms in total. The quantitative estimate of drug-likeness (QED) is 0.466. The van der Waals surface area contributed by atoms with Gasteiger partial charge in [-0.05, 0) is 55.8 Å². The summed E-state index contributed by atoms with van der Waals surface area (Å²) in [6, 6.07) is 17.9. The van der Waals surface area contributed by atoms with E-state index >= 15 is 0 Å². The number of ether oxygens (including phenoxy) is 2. The third-order valence-electron chi connectivity index (χ3n) is 5.11. The molecule has 0 amide bonds. The third-order valence-corrected chi connectivity index (χ3v) is 5.11. The summed E-state index contributed by atoms with van der Waals surface area (Å²) < 4.78 is 12.8. The highest BCUT2D eigenvalue weighted by molar-refractivity contribution is 5.65. The van der Waals surface area contributed by atoms with Crippen LogP contribution >= 0.6 is 0 Å². The number of hydrogen-bond acceptors (Lipinski definition) is 6. The van der Waals surface area contributed by atoms with E-state index in [2.05, 4.69) is 27.4 Å². The highest BCUT2D eigenvalue weighted by Crippen LogP contribution is 2.29. The molecule has 2 aromatic carbocycles. The van der Waals surface area contributed by atoms with Crippen LogP contribution in [0.2, 0.25) is 0 Å². The Bertz CT molecular complexity index is 1150. The van der Waals surface area contributed by atoms with E-state index in [4.69, 9.17) is 9.47 Å². The first-order valence-corrected chi connectivity index (χ1v) is 10.0. The van der Waals surface area contributed by atoms with E-state index < -0.39 is 0 Å². The molecule has 1 N–H and O–H groups in total. The summed E-state index contributed by atoms with van der Waals surface area (Å²) in [6.45, 7) is 4.04. The lowest BCUT2D eigenvalue weighted by Crippen LogP contribution is -2.08. The first-order chi connectivity index (χ1) is 15.1. The number of benzene rings is 2. The predicted octanol–water partition coefficient (Wildman–Crippen LogP) is 4.83. The molecule has 1 atom stereocenters. The third kappa shape index (κ3) is 4.50. The fraction of sp³-hybridized carbons (Fsp3) is 0.208. The van der Waals surface area contributed by atoms with Gasteiger partial charge in [0.25, 0.3) is 0 Å². The Labute approximate surface area is 181 Å². The average molecular weight is 415 g/mol. The second kappa shape index (κ2) is 8.87. The number of aromatic nitrogens is 4. The molecule has 0 fully saturated rings. The first kappa shape index (κ1) is 20.4. The standard InChI is InChI=1S/C24H25N5O2/c1-16-14-29(15-25-16)22-11-7-19(13-23(22)31-4)21-10-12-24(28-27-21)26-17(2)18-5-8-20(30-3)9-6-18/h5-15,17H,1-4H3,(H,26,28)/t17-/m0/s1. The van der Waals surface area contributed by atoms with Gasteiger partial charge < -0.3 is 19.4 Å². The number of imidazole rings is 1. The highest BCUT2D eigenvalue weighted by Gasteiger charge is 2.11. The van der Waals surface area contributed by atoms with Crippen molar-refractivity contribution in [2.45, 2.75) is 19.9 Å². The molecule has 31 heavy (non-hydrogen) atoms. The van der Waals surface area contributed by atoms with E-state index in [1.54, 1.807) is 20.5 Å². The Kier molecular flexibility index (Phi) is 5.84. The summed E-state index contributed by atoms with van der Waals surface area (Å²) in [4.78, 5) is 4.28. The fourth-order valence-corrected chi connectivity index (χ4v) is 3.36. The summed E-state index contributed by atoms with van der Waals surface area (Å²) in [5.74, 6) is 2.29. The molecule has 2 aromatic heterocycles. The van der Waals surface area contributed by atoms with Crippen LogP contribution in [-0.4, -0.2) is 34.0 Å². The minimum atomic E-state index is 0.0871. The van der Waals surface area contributed by atoms with Crippen LogP contribution in [0.5, 0.6) is 11.5 Å². The minimum absolute atomic E-state index is 0.0871. The van der Waals surface area contributed by atoms with Gasteiger partial charge in [-0.15, -0.1) is 10.2 Å². The van der Waals surface area contributed by atoms with Crippen LogP contribution in [0.4, 0.5) is 5.82 Å². The summed E-state index contributed by atoms with van der Waals surface area (Å²) >= 11 is 0. The van der Waals surface area contributed by atoms with Gasteiger partial charge in [-0.1, -0.05) is 18.2 Å². The predicted molar refractivity (Wildman–Crippen MR) is 121 cm³/mol. The molecule has 0 saturated heterocycles. The van der Waals surface area contributed by atoms with Gasteiger partial charge in [0.1, 0.15) is 17.3 Å². The second-order valence-corrected chi connectivity index (χ2v) is 7.25. The summed E-state index contributed by atoms with van der Waals surface area (Å²) in [7, 11) is 3.32. The van der Waals surface area contributed by atoms with Gasteiger partial charge in [0.05, 0.1) is 43.7 Å². The van der Waals surface area contributed by atoms with Crippen LogP contribution in [0.15, 0.2) is 67.1 Å². The summed E-state index contributed by atoms with van der Waals surface area (Å²) in [5.41, 5.74) is 4.71. The van der Waals surface area contributed by atoms with E-state index in [0.717, 1.165) is 39.7 Å². The fourth-order valence-electron chi connectivity index (χ4n) is 3.36. The molecule has 7 heteroatoms. The van der Waals surface area contributed by atoms with Crippen molar-refractivity contribution >= 4 is 5.82 Å². The molecule has 0 aliphatic carbocycles. The van der Waals surface area contributed by atoms with E-state index in [9.17, 15) is 0 Å². The van der Waals surface area contributed by atoms with Crippen LogP contribution in [0, 0.1) is 6.92 Å². The Morgan fingerprint density at radius 2 is 1.74 bits per heavy atom. The lowest BCUT2D eigenvalue weighted by molar-refractivity contribution is 0.413. The molecule has 0 unspecified atom stereocenters.